The van der Waals surface area contributed by atoms with Crippen LogP contribution in [0, 0.1) is 34.5 Å². The summed E-state index contributed by atoms with van der Waals surface area (Å²) in [5, 5.41) is 20.7. The smallest absolute Gasteiger partial charge is 0.0824 e. The molecule has 0 saturated heterocycles. The molecule has 0 aromatic rings. The lowest BCUT2D eigenvalue weighted by Crippen LogP contribution is -2.56. The zero-order valence-electron chi connectivity index (χ0n) is 18.3. The predicted molar refractivity (Wildman–Crippen MR) is 108 cm³/mol. The molecule has 0 aromatic carbocycles. The van der Waals surface area contributed by atoms with E-state index in [1.807, 2.05) is 13.8 Å². The Hall–Kier alpha value is -0.120. The fourth-order valence-electron chi connectivity index (χ4n) is 7.96. The van der Waals surface area contributed by atoms with E-state index in [4.69, 9.17) is 4.74 Å². The van der Waals surface area contributed by atoms with Crippen molar-refractivity contribution in [2.45, 2.75) is 110 Å². The minimum atomic E-state index is -0.740. The lowest BCUT2D eigenvalue weighted by molar-refractivity contribution is -0.161. The van der Waals surface area contributed by atoms with E-state index in [-0.39, 0.29) is 5.41 Å². The quantitative estimate of drug-likeness (QED) is 0.731. The standard InChI is InChI=1S/C24H42O3/c1-21(2,25)15-27-20-9-8-18-17-7-6-16-14-22(3,26)12-13-23(16,4)19(17)10-11-24(18,20)5/h16-20,25-26H,6-15H2,1-5H3/t16-,17+,18?,19+,20+,22+,23+,24+/m1/s1. The second-order valence-corrected chi connectivity index (χ2v) is 12.1. The summed E-state index contributed by atoms with van der Waals surface area (Å²) >= 11 is 0. The van der Waals surface area contributed by atoms with Gasteiger partial charge in [-0.15, -0.1) is 0 Å². The third kappa shape index (κ3) is 3.40. The van der Waals surface area contributed by atoms with E-state index in [1.54, 1.807) is 0 Å². The van der Waals surface area contributed by atoms with Crippen LogP contribution in [0.15, 0.2) is 0 Å². The third-order valence-corrected chi connectivity index (χ3v) is 9.50. The molecule has 0 aliphatic heterocycles. The van der Waals surface area contributed by atoms with Crippen LogP contribution in [-0.4, -0.2) is 34.1 Å². The molecule has 0 amide bonds. The van der Waals surface area contributed by atoms with Crippen molar-refractivity contribution >= 4 is 0 Å². The Labute approximate surface area is 166 Å². The lowest BCUT2D eigenvalue weighted by Gasteiger charge is -2.61. The first-order valence-corrected chi connectivity index (χ1v) is 11.5. The van der Waals surface area contributed by atoms with E-state index < -0.39 is 11.2 Å². The highest BCUT2D eigenvalue weighted by Gasteiger charge is 2.61. The van der Waals surface area contributed by atoms with Crippen molar-refractivity contribution in [1.82, 2.24) is 0 Å². The Morgan fingerprint density at radius 2 is 1.59 bits per heavy atom. The molecular weight excluding hydrogens is 336 g/mol. The van der Waals surface area contributed by atoms with E-state index in [2.05, 4.69) is 20.8 Å². The number of hydrogen-bond donors (Lipinski definition) is 2. The second kappa shape index (κ2) is 6.44. The topological polar surface area (TPSA) is 49.7 Å². The fourth-order valence-corrected chi connectivity index (χ4v) is 7.96. The Morgan fingerprint density at radius 3 is 2.30 bits per heavy atom. The highest BCUT2D eigenvalue weighted by molar-refractivity contribution is 5.10. The van der Waals surface area contributed by atoms with Gasteiger partial charge in [0.2, 0.25) is 0 Å². The summed E-state index contributed by atoms with van der Waals surface area (Å²) in [5.41, 5.74) is -0.464. The zero-order chi connectivity index (χ0) is 19.7. The first-order chi connectivity index (χ1) is 12.4. The number of ether oxygens (including phenoxy) is 1. The average molecular weight is 379 g/mol. The van der Waals surface area contributed by atoms with Gasteiger partial charge in [0, 0.05) is 0 Å². The molecule has 2 N–H and O–H groups in total. The summed E-state index contributed by atoms with van der Waals surface area (Å²) in [6.07, 6.45) is 11.2. The molecule has 27 heavy (non-hydrogen) atoms. The SMILES string of the molecule is CC(C)(O)CO[C@H]1CCC2[C@@H]3CC[C@@H]4C[C@@](C)(O)CC[C@]4(C)[C@H]3CC[C@@]21C. The maximum atomic E-state index is 10.6. The molecule has 156 valence electrons. The first kappa shape index (κ1) is 20.2. The van der Waals surface area contributed by atoms with Crippen molar-refractivity contribution in [1.29, 1.82) is 0 Å². The van der Waals surface area contributed by atoms with Crippen LogP contribution in [-0.2, 0) is 4.74 Å². The lowest BCUT2D eigenvalue weighted by atomic mass is 9.44. The maximum absolute atomic E-state index is 10.6. The largest absolute Gasteiger partial charge is 0.390 e. The van der Waals surface area contributed by atoms with E-state index in [0.717, 1.165) is 37.0 Å². The van der Waals surface area contributed by atoms with Crippen LogP contribution in [0.5, 0.6) is 0 Å². The van der Waals surface area contributed by atoms with Crippen LogP contribution in [0.2, 0.25) is 0 Å². The predicted octanol–water partition coefficient (Wildman–Crippen LogP) is 4.94. The van der Waals surface area contributed by atoms with Crippen molar-refractivity contribution in [3.8, 4) is 0 Å². The Bertz CT molecular complexity index is 564. The van der Waals surface area contributed by atoms with Crippen molar-refractivity contribution in [2.24, 2.45) is 34.5 Å². The normalized spacial score (nSPS) is 52.8. The van der Waals surface area contributed by atoms with Gasteiger partial charge in [-0.1, -0.05) is 13.8 Å². The molecule has 0 spiro atoms. The van der Waals surface area contributed by atoms with Crippen molar-refractivity contribution < 1.29 is 14.9 Å². The summed E-state index contributed by atoms with van der Waals surface area (Å²) in [6, 6.07) is 0. The van der Waals surface area contributed by atoms with Gasteiger partial charge in [-0.2, -0.15) is 0 Å². The molecule has 3 nitrogen and oxygen atoms in total. The third-order valence-electron chi connectivity index (χ3n) is 9.50. The van der Waals surface area contributed by atoms with E-state index >= 15 is 0 Å². The summed E-state index contributed by atoms with van der Waals surface area (Å²) in [7, 11) is 0. The molecule has 0 heterocycles. The minimum absolute atomic E-state index is 0.287. The van der Waals surface area contributed by atoms with Gasteiger partial charge in [0.25, 0.3) is 0 Å². The van der Waals surface area contributed by atoms with Gasteiger partial charge < -0.3 is 14.9 Å². The molecule has 4 rings (SSSR count). The van der Waals surface area contributed by atoms with E-state index in [0.29, 0.717) is 24.0 Å². The number of hydrogen-bond acceptors (Lipinski definition) is 3. The van der Waals surface area contributed by atoms with E-state index in [9.17, 15) is 10.2 Å². The molecular formula is C24H42O3. The highest BCUT2D eigenvalue weighted by Crippen LogP contribution is 2.67. The molecule has 4 saturated carbocycles. The summed E-state index contributed by atoms with van der Waals surface area (Å²) in [6.45, 7) is 11.2. The van der Waals surface area contributed by atoms with Crippen LogP contribution in [0.1, 0.15) is 92.4 Å². The van der Waals surface area contributed by atoms with Crippen LogP contribution in [0.3, 0.4) is 0 Å². The van der Waals surface area contributed by atoms with Gasteiger partial charge in [-0.05, 0) is 113 Å². The average Bonchev–Trinajstić information content (AvgIpc) is 2.89. The minimum Gasteiger partial charge on any atom is -0.390 e. The molecule has 0 aromatic heterocycles. The van der Waals surface area contributed by atoms with Gasteiger partial charge in [0.1, 0.15) is 0 Å². The van der Waals surface area contributed by atoms with E-state index in [1.165, 1.54) is 38.5 Å². The molecule has 8 atom stereocenters. The molecule has 0 bridgehead atoms. The molecule has 0 radical (unpaired) electrons. The van der Waals surface area contributed by atoms with Crippen molar-refractivity contribution in [3.63, 3.8) is 0 Å². The van der Waals surface area contributed by atoms with Gasteiger partial charge in [-0.3, -0.25) is 0 Å². The number of fused-ring (bicyclic) bond motifs is 5. The van der Waals surface area contributed by atoms with Gasteiger partial charge in [0.15, 0.2) is 0 Å². The van der Waals surface area contributed by atoms with Crippen LogP contribution < -0.4 is 0 Å². The Morgan fingerprint density at radius 1 is 0.889 bits per heavy atom. The number of rotatable bonds is 3. The van der Waals surface area contributed by atoms with Crippen LogP contribution >= 0.6 is 0 Å². The summed E-state index contributed by atoms with van der Waals surface area (Å²) in [5.74, 6) is 3.15. The molecule has 4 fully saturated rings. The maximum Gasteiger partial charge on any atom is 0.0824 e. The molecule has 1 unspecified atom stereocenters. The number of aliphatic hydroxyl groups is 2. The monoisotopic (exact) mass is 378 g/mol. The fraction of sp³-hybridized carbons (Fsp3) is 1.00. The van der Waals surface area contributed by atoms with Gasteiger partial charge >= 0.3 is 0 Å². The Kier molecular flexibility index (Phi) is 4.81. The first-order valence-electron chi connectivity index (χ1n) is 11.5. The van der Waals surface area contributed by atoms with Crippen LogP contribution in [0.4, 0.5) is 0 Å². The molecule has 4 aliphatic carbocycles. The van der Waals surface area contributed by atoms with Crippen molar-refractivity contribution in [3.05, 3.63) is 0 Å². The highest BCUT2D eigenvalue weighted by atomic mass is 16.5. The molecule has 3 heteroatoms. The zero-order valence-corrected chi connectivity index (χ0v) is 18.3. The van der Waals surface area contributed by atoms with Gasteiger partial charge in [-0.25, -0.2) is 0 Å². The summed E-state index contributed by atoms with van der Waals surface area (Å²) in [4.78, 5) is 0. The van der Waals surface area contributed by atoms with Crippen LogP contribution in [0.25, 0.3) is 0 Å². The second-order valence-electron chi connectivity index (χ2n) is 12.1. The Balaban J connectivity index is 1.51. The van der Waals surface area contributed by atoms with Crippen molar-refractivity contribution in [2.75, 3.05) is 6.61 Å². The summed E-state index contributed by atoms with van der Waals surface area (Å²) < 4.78 is 6.30. The van der Waals surface area contributed by atoms with Gasteiger partial charge in [0.05, 0.1) is 23.9 Å². The molecule has 4 aliphatic rings.